The summed E-state index contributed by atoms with van der Waals surface area (Å²) in [4.78, 5) is 11.8. The van der Waals surface area contributed by atoms with Crippen LogP contribution in [0, 0.1) is 6.92 Å². The first-order valence-electron chi connectivity index (χ1n) is 6.21. The van der Waals surface area contributed by atoms with Gasteiger partial charge in [-0.25, -0.2) is 8.42 Å². The van der Waals surface area contributed by atoms with Gasteiger partial charge in [0.2, 0.25) is 0 Å². The lowest BCUT2D eigenvalue weighted by molar-refractivity contribution is 0.102. The molecule has 0 bridgehead atoms. The predicted octanol–water partition coefficient (Wildman–Crippen LogP) is 3.37. The van der Waals surface area contributed by atoms with Crippen molar-refractivity contribution in [2.24, 2.45) is 0 Å². The molecular weight excluding hydrogens is 354 g/mol. The number of nitrogens with one attached hydrogen (secondary N) is 1. The summed E-state index contributed by atoms with van der Waals surface area (Å²) in [5, 5.41) is 0.196. The molecule has 0 amide bonds. The molecule has 0 aliphatic heterocycles. The number of sulfonamides is 1. The third-order valence-electron chi connectivity index (χ3n) is 2.89. The van der Waals surface area contributed by atoms with Crippen molar-refractivity contribution in [1.82, 2.24) is 0 Å². The molecule has 4 nitrogen and oxygen atoms in total. The van der Waals surface area contributed by atoms with Gasteiger partial charge in [-0.2, -0.15) is 0 Å². The van der Waals surface area contributed by atoms with Crippen LogP contribution in [0.15, 0.2) is 53.4 Å². The first-order chi connectivity index (χ1) is 9.92. The minimum absolute atomic E-state index is 0.105. The van der Waals surface area contributed by atoms with Gasteiger partial charge >= 0.3 is 0 Å². The molecule has 0 aromatic heterocycles. The number of ketones is 1. The molecule has 0 aliphatic rings. The van der Waals surface area contributed by atoms with E-state index in [2.05, 4.69) is 20.7 Å². The molecule has 0 saturated carbocycles. The van der Waals surface area contributed by atoms with Crippen molar-refractivity contribution in [2.75, 3.05) is 10.1 Å². The van der Waals surface area contributed by atoms with Gasteiger partial charge in [0.15, 0.2) is 5.78 Å². The maximum absolute atomic E-state index is 12.3. The van der Waals surface area contributed by atoms with Crippen LogP contribution in [0.25, 0.3) is 0 Å². The number of aryl methyl sites for hydroxylation is 1. The van der Waals surface area contributed by atoms with E-state index >= 15 is 0 Å². The van der Waals surface area contributed by atoms with Crippen LogP contribution >= 0.6 is 15.9 Å². The number of halogens is 1. The number of anilines is 1. The maximum atomic E-state index is 12.3. The van der Waals surface area contributed by atoms with Crippen molar-refractivity contribution < 1.29 is 13.2 Å². The Labute approximate surface area is 132 Å². The van der Waals surface area contributed by atoms with Crippen molar-refractivity contribution in [3.63, 3.8) is 0 Å². The second kappa shape index (κ2) is 6.41. The SMILES string of the molecule is Cc1ccc(S(=O)(=O)Nc2cccc(C(=O)CBr)c2)cc1. The Morgan fingerprint density at radius 3 is 2.43 bits per heavy atom. The zero-order valence-corrected chi connectivity index (χ0v) is 13.7. The van der Waals surface area contributed by atoms with Crippen molar-refractivity contribution in [3.8, 4) is 0 Å². The van der Waals surface area contributed by atoms with Crippen LogP contribution in [0.3, 0.4) is 0 Å². The van der Waals surface area contributed by atoms with E-state index in [1.165, 1.54) is 6.07 Å². The summed E-state index contributed by atoms with van der Waals surface area (Å²) in [5.74, 6) is -0.105. The predicted molar refractivity (Wildman–Crippen MR) is 86.6 cm³/mol. The van der Waals surface area contributed by atoms with Gasteiger partial charge < -0.3 is 0 Å². The number of Topliss-reactive ketones (excluding diaryl/α,β-unsaturated/α-hetero) is 1. The largest absolute Gasteiger partial charge is 0.293 e. The fraction of sp³-hybridized carbons (Fsp3) is 0.133. The summed E-state index contributed by atoms with van der Waals surface area (Å²) in [6, 6.07) is 13.0. The lowest BCUT2D eigenvalue weighted by atomic mass is 10.1. The van der Waals surface area contributed by atoms with Crippen LogP contribution in [0.1, 0.15) is 15.9 Å². The standard InChI is InChI=1S/C15H14BrNO3S/c1-11-5-7-14(8-6-11)21(19,20)17-13-4-2-3-12(9-13)15(18)10-16/h2-9,17H,10H2,1H3. The monoisotopic (exact) mass is 367 g/mol. The molecule has 0 radical (unpaired) electrons. The highest BCUT2D eigenvalue weighted by atomic mass is 79.9. The molecule has 0 unspecified atom stereocenters. The molecule has 110 valence electrons. The van der Waals surface area contributed by atoms with Crippen molar-refractivity contribution in [3.05, 3.63) is 59.7 Å². The van der Waals surface area contributed by atoms with E-state index in [0.29, 0.717) is 11.3 Å². The Balaban J connectivity index is 2.28. The van der Waals surface area contributed by atoms with E-state index in [0.717, 1.165) is 5.56 Å². The second-order valence-corrected chi connectivity index (χ2v) is 6.80. The van der Waals surface area contributed by atoms with Gasteiger partial charge in [0.05, 0.1) is 10.2 Å². The van der Waals surface area contributed by atoms with Crippen molar-refractivity contribution in [1.29, 1.82) is 0 Å². The van der Waals surface area contributed by atoms with Gasteiger partial charge in [-0.05, 0) is 31.2 Å². The fourth-order valence-electron chi connectivity index (χ4n) is 1.76. The molecule has 1 N–H and O–H groups in total. The van der Waals surface area contributed by atoms with E-state index in [1.807, 2.05) is 6.92 Å². The average molecular weight is 368 g/mol. The van der Waals surface area contributed by atoms with E-state index in [-0.39, 0.29) is 16.0 Å². The number of hydrogen-bond acceptors (Lipinski definition) is 3. The second-order valence-electron chi connectivity index (χ2n) is 4.56. The molecular formula is C15H14BrNO3S. The lowest BCUT2D eigenvalue weighted by Crippen LogP contribution is -2.13. The molecule has 0 heterocycles. The van der Waals surface area contributed by atoms with Crippen LogP contribution < -0.4 is 4.72 Å². The smallest absolute Gasteiger partial charge is 0.261 e. The van der Waals surface area contributed by atoms with Crippen LogP contribution in [0.4, 0.5) is 5.69 Å². The Morgan fingerprint density at radius 2 is 1.81 bits per heavy atom. The Bertz CT molecular complexity index is 755. The molecule has 0 spiro atoms. The van der Waals surface area contributed by atoms with Gasteiger partial charge in [-0.1, -0.05) is 45.8 Å². The third-order valence-corrected chi connectivity index (χ3v) is 4.80. The molecule has 0 saturated heterocycles. The van der Waals surface area contributed by atoms with Gasteiger partial charge in [0, 0.05) is 11.3 Å². The molecule has 6 heteroatoms. The molecule has 0 fully saturated rings. The normalized spacial score (nSPS) is 11.1. The van der Waals surface area contributed by atoms with Crippen LogP contribution in [0.2, 0.25) is 0 Å². The number of rotatable bonds is 5. The molecule has 2 rings (SSSR count). The number of benzene rings is 2. The first-order valence-corrected chi connectivity index (χ1v) is 8.81. The summed E-state index contributed by atoms with van der Waals surface area (Å²) in [6.45, 7) is 1.89. The third kappa shape index (κ3) is 3.92. The fourth-order valence-corrected chi connectivity index (χ4v) is 3.14. The molecule has 0 atom stereocenters. The molecule has 21 heavy (non-hydrogen) atoms. The Morgan fingerprint density at radius 1 is 1.14 bits per heavy atom. The number of carbonyl (C=O) groups is 1. The Hall–Kier alpha value is -1.66. The number of alkyl halides is 1. The maximum Gasteiger partial charge on any atom is 0.261 e. The molecule has 2 aromatic rings. The minimum atomic E-state index is -3.65. The van der Waals surface area contributed by atoms with Crippen LogP contribution in [-0.2, 0) is 10.0 Å². The average Bonchev–Trinajstić information content (AvgIpc) is 2.46. The van der Waals surface area contributed by atoms with Crippen molar-refractivity contribution >= 4 is 37.4 Å². The lowest BCUT2D eigenvalue weighted by Gasteiger charge is -2.09. The van der Waals surface area contributed by atoms with E-state index in [4.69, 9.17) is 0 Å². The van der Waals surface area contributed by atoms with E-state index in [9.17, 15) is 13.2 Å². The summed E-state index contributed by atoms with van der Waals surface area (Å²) in [6.07, 6.45) is 0. The zero-order chi connectivity index (χ0) is 15.5. The summed E-state index contributed by atoms with van der Waals surface area (Å²) < 4.78 is 27.0. The van der Waals surface area contributed by atoms with Gasteiger partial charge in [0.25, 0.3) is 10.0 Å². The Kier molecular flexibility index (Phi) is 4.80. The summed E-state index contributed by atoms with van der Waals surface area (Å²) >= 11 is 3.09. The molecule has 2 aromatic carbocycles. The first kappa shape index (κ1) is 15.7. The van der Waals surface area contributed by atoms with E-state index in [1.54, 1.807) is 42.5 Å². The van der Waals surface area contributed by atoms with Gasteiger partial charge in [0.1, 0.15) is 0 Å². The van der Waals surface area contributed by atoms with Gasteiger partial charge in [-0.3, -0.25) is 9.52 Å². The van der Waals surface area contributed by atoms with E-state index < -0.39 is 10.0 Å². The highest BCUT2D eigenvalue weighted by Crippen LogP contribution is 2.18. The van der Waals surface area contributed by atoms with Crippen molar-refractivity contribution in [2.45, 2.75) is 11.8 Å². The minimum Gasteiger partial charge on any atom is -0.293 e. The van der Waals surface area contributed by atoms with Gasteiger partial charge in [-0.15, -0.1) is 0 Å². The summed E-state index contributed by atoms with van der Waals surface area (Å²) in [5.41, 5.74) is 1.80. The van der Waals surface area contributed by atoms with Crippen LogP contribution in [-0.4, -0.2) is 19.5 Å². The highest BCUT2D eigenvalue weighted by Gasteiger charge is 2.14. The summed E-state index contributed by atoms with van der Waals surface area (Å²) in [7, 11) is -3.65. The number of hydrogen-bond donors (Lipinski definition) is 1. The zero-order valence-electron chi connectivity index (χ0n) is 11.3. The molecule has 0 aliphatic carbocycles. The topological polar surface area (TPSA) is 63.2 Å². The quantitative estimate of drug-likeness (QED) is 0.650. The number of carbonyl (C=O) groups excluding carboxylic acids is 1. The highest BCUT2D eigenvalue weighted by molar-refractivity contribution is 9.09. The van der Waals surface area contributed by atoms with Crippen LogP contribution in [0.5, 0.6) is 0 Å².